The van der Waals surface area contributed by atoms with E-state index in [1.54, 1.807) is 25.1 Å². The SMILES string of the molecule is Cc1cc2oc(=O)c(-c3cccs3)cc2cc1C(=O)ON1C(=O)CCC1=O. The minimum absolute atomic E-state index is 0.0259. The summed E-state index contributed by atoms with van der Waals surface area (Å²) in [6.07, 6.45) is 0.0519. The molecule has 0 atom stereocenters. The molecule has 2 aromatic heterocycles. The molecule has 0 unspecified atom stereocenters. The van der Waals surface area contributed by atoms with E-state index in [-0.39, 0.29) is 18.4 Å². The molecule has 0 bridgehead atoms. The molecule has 136 valence electrons. The summed E-state index contributed by atoms with van der Waals surface area (Å²) in [5, 5.41) is 2.89. The maximum atomic E-state index is 12.5. The lowest BCUT2D eigenvalue weighted by atomic mass is 10.0. The second kappa shape index (κ2) is 6.48. The fourth-order valence-corrected chi connectivity index (χ4v) is 3.61. The van der Waals surface area contributed by atoms with E-state index >= 15 is 0 Å². The number of carbonyl (C=O) groups is 3. The Balaban J connectivity index is 1.75. The van der Waals surface area contributed by atoms with Crippen molar-refractivity contribution in [1.82, 2.24) is 5.06 Å². The summed E-state index contributed by atoms with van der Waals surface area (Å²) in [6, 6.07) is 8.36. The van der Waals surface area contributed by atoms with Gasteiger partial charge in [0.05, 0.1) is 11.1 Å². The molecular formula is C19H13NO6S. The number of rotatable bonds is 3. The number of thiophene rings is 1. The summed E-state index contributed by atoms with van der Waals surface area (Å²) < 4.78 is 5.38. The van der Waals surface area contributed by atoms with Crippen molar-refractivity contribution in [2.24, 2.45) is 0 Å². The minimum Gasteiger partial charge on any atom is -0.422 e. The number of aryl methyl sites for hydroxylation is 1. The number of carbonyl (C=O) groups excluding carboxylic acids is 3. The predicted octanol–water partition coefficient (Wildman–Crippen LogP) is 3.05. The Bertz CT molecular complexity index is 1130. The van der Waals surface area contributed by atoms with Crippen molar-refractivity contribution in [1.29, 1.82) is 0 Å². The highest BCUT2D eigenvalue weighted by atomic mass is 32.1. The van der Waals surface area contributed by atoms with E-state index < -0.39 is 23.4 Å². The van der Waals surface area contributed by atoms with Crippen molar-refractivity contribution in [3.05, 3.63) is 57.3 Å². The van der Waals surface area contributed by atoms with E-state index in [1.165, 1.54) is 17.4 Å². The Morgan fingerprint density at radius 2 is 1.89 bits per heavy atom. The molecule has 27 heavy (non-hydrogen) atoms. The number of benzene rings is 1. The number of nitrogens with zero attached hydrogens (tertiary/aromatic N) is 1. The van der Waals surface area contributed by atoms with E-state index in [9.17, 15) is 19.2 Å². The molecule has 0 spiro atoms. The van der Waals surface area contributed by atoms with Crippen molar-refractivity contribution in [3.8, 4) is 10.4 Å². The smallest absolute Gasteiger partial charge is 0.364 e. The summed E-state index contributed by atoms with van der Waals surface area (Å²) in [4.78, 5) is 53.7. The van der Waals surface area contributed by atoms with Crippen molar-refractivity contribution in [2.75, 3.05) is 0 Å². The average molecular weight is 383 g/mol. The molecule has 2 amide bonds. The first-order valence-corrected chi connectivity index (χ1v) is 9.02. The van der Waals surface area contributed by atoms with Crippen LogP contribution in [0.25, 0.3) is 21.4 Å². The van der Waals surface area contributed by atoms with Crippen LogP contribution in [-0.2, 0) is 14.4 Å². The molecule has 0 saturated carbocycles. The first-order valence-electron chi connectivity index (χ1n) is 8.14. The number of hydrogen-bond acceptors (Lipinski definition) is 7. The first-order chi connectivity index (χ1) is 12.9. The van der Waals surface area contributed by atoms with Gasteiger partial charge < -0.3 is 9.25 Å². The summed E-state index contributed by atoms with van der Waals surface area (Å²) in [7, 11) is 0. The molecule has 3 aromatic rings. The van der Waals surface area contributed by atoms with Gasteiger partial charge in [-0.15, -0.1) is 16.4 Å². The first kappa shape index (κ1) is 17.2. The standard InChI is InChI=1S/C19H13NO6S/c1-10-7-14-11(9-13(18(23)25-14)15-3-2-6-27-15)8-12(10)19(24)26-20-16(21)4-5-17(20)22/h2-3,6-9H,4-5H2,1H3. The normalized spacial score (nSPS) is 14.2. The van der Waals surface area contributed by atoms with Crippen LogP contribution in [-0.4, -0.2) is 22.8 Å². The number of hydroxylamine groups is 2. The second-order valence-electron chi connectivity index (χ2n) is 6.09. The van der Waals surface area contributed by atoms with Gasteiger partial charge >= 0.3 is 11.6 Å². The lowest BCUT2D eigenvalue weighted by Crippen LogP contribution is -2.32. The van der Waals surface area contributed by atoms with Gasteiger partial charge in [-0.05, 0) is 42.1 Å². The molecule has 1 fully saturated rings. The molecular weight excluding hydrogens is 370 g/mol. The van der Waals surface area contributed by atoms with Gasteiger partial charge in [0, 0.05) is 23.1 Å². The summed E-state index contributed by atoms with van der Waals surface area (Å²) >= 11 is 1.40. The highest BCUT2D eigenvalue weighted by Crippen LogP contribution is 2.27. The van der Waals surface area contributed by atoms with Gasteiger partial charge in [-0.2, -0.15) is 0 Å². The average Bonchev–Trinajstić information content (AvgIpc) is 3.26. The van der Waals surface area contributed by atoms with Crippen LogP contribution in [0.2, 0.25) is 0 Å². The third kappa shape index (κ3) is 3.04. The van der Waals surface area contributed by atoms with Crippen molar-refractivity contribution in [2.45, 2.75) is 19.8 Å². The summed E-state index contributed by atoms with van der Waals surface area (Å²) in [5.74, 6) is -1.91. The van der Waals surface area contributed by atoms with Crippen molar-refractivity contribution >= 4 is 40.1 Å². The molecule has 8 heteroatoms. The largest absolute Gasteiger partial charge is 0.422 e. The second-order valence-corrected chi connectivity index (χ2v) is 7.04. The van der Waals surface area contributed by atoms with Gasteiger partial charge in [-0.3, -0.25) is 9.59 Å². The lowest BCUT2D eigenvalue weighted by molar-refractivity contribution is -0.172. The highest BCUT2D eigenvalue weighted by Gasteiger charge is 2.33. The molecule has 0 N–H and O–H groups in total. The zero-order valence-corrected chi connectivity index (χ0v) is 15.0. The maximum absolute atomic E-state index is 12.5. The van der Waals surface area contributed by atoms with Crippen LogP contribution in [0.15, 0.2) is 44.9 Å². The quantitative estimate of drug-likeness (QED) is 0.510. The number of imide groups is 1. The van der Waals surface area contributed by atoms with Gasteiger partial charge in [-0.1, -0.05) is 6.07 Å². The van der Waals surface area contributed by atoms with Crippen LogP contribution >= 0.6 is 11.3 Å². The van der Waals surface area contributed by atoms with Gasteiger partial charge in [0.25, 0.3) is 11.8 Å². The maximum Gasteiger partial charge on any atom is 0.364 e. The van der Waals surface area contributed by atoms with E-state index in [1.807, 2.05) is 11.4 Å². The van der Waals surface area contributed by atoms with Crippen molar-refractivity contribution < 1.29 is 23.6 Å². The van der Waals surface area contributed by atoms with E-state index in [4.69, 9.17) is 9.25 Å². The van der Waals surface area contributed by atoms with Gasteiger partial charge in [-0.25, -0.2) is 9.59 Å². The minimum atomic E-state index is -0.818. The van der Waals surface area contributed by atoms with Gasteiger partial charge in [0.15, 0.2) is 0 Å². The molecule has 4 rings (SSSR count). The monoisotopic (exact) mass is 383 g/mol. The Morgan fingerprint density at radius 1 is 1.15 bits per heavy atom. The number of hydrogen-bond donors (Lipinski definition) is 0. The van der Waals surface area contributed by atoms with Crippen LogP contribution in [0.4, 0.5) is 0 Å². The van der Waals surface area contributed by atoms with Gasteiger partial charge in [0.1, 0.15) is 5.58 Å². The van der Waals surface area contributed by atoms with E-state index in [2.05, 4.69) is 0 Å². The van der Waals surface area contributed by atoms with Crippen LogP contribution in [0.3, 0.4) is 0 Å². The van der Waals surface area contributed by atoms with Crippen LogP contribution in [0.1, 0.15) is 28.8 Å². The fourth-order valence-electron chi connectivity index (χ4n) is 2.88. The molecule has 1 aliphatic heterocycles. The topological polar surface area (TPSA) is 93.9 Å². The Hall–Kier alpha value is -3.26. The van der Waals surface area contributed by atoms with E-state index in [0.29, 0.717) is 27.2 Å². The zero-order valence-electron chi connectivity index (χ0n) is 14.2. The summed E-state index contributed by atoms with van der Waals surface area (Å²) in [6.45, 7) is 1.65. The molecule has 0 radical (unpaired) electrons. The molecule has 3 heterocycles. The number of amides is 2. The molecule has 1 aliphatic rings. The highest BCUT2D eigenvalue weighted by molar-refractivity contribution is 7.13. The van der Waals surface area contributed by atoms with E-state index in [0.717, 1.165) is 4.88 Å². The fraction of sp³-hybridized carbons (Fsp3) is 0.158. The zero-order chi connectivity index (χ0) is 19.1. The molecule has 7 nitrogen and oxygen atoms in total. The Labute approximate surface area is 156 Å². The molecule has 1 aromatic carbocycles. The lowest BCUT2D eigenvalue weighted by Gasteiger charge is -2.14. The van der Waals surface area contributed by atoms with Crippen LogP contribution in [0, 0.1) is 6.92 Å². The van der Waals surface area contributed by atoms with Gasteiger partial charge in [0.2, 0.25) is 0 Å². The molecule has 1 saturated heterocycles. The Morgan fingerprint density at radius 3 is 2.56 bits per heavy atom. The third-order valence-corrected chi connectivity index (χ3v) is 5.17. The van der Waals surface area contributed by atoms with Crippen LogP contribution < -0.4 is 5.63 Å². The third-order valence-electron chi connectivity index (χ3n) is 4.27. The molecule has 0 aliphatic carbocycles. The number of fused-ring (bicyclic) bond motifs is 1. The van der Waals surface area contributed by atoms with Crippen molar-refractivity contribution in [3.63, 3.8) is 0 Å². The summed E-state index contributed by atoms with van der Waals surface area (Å²) in [5.41, 5.74) is 0.945. The Kier molecular flexibility index (Phi) is 4.12. The van der Waals surface area contributed by atoms with Crippen LogP contribution in [0.5, 0.6) is 0 Å². The predicted molar refractivity (Wildman–Crippen MR) is 97.0 cm³/mol.